The van der Waals surface area contributed by atoms with Gasteiger partial charge in [-0.05, 0) is 53.3 Å². The fraction of sp³-hybridized carbons (Fsp3) is 0.579. The molecule has 21 heavy (non-hydrogen) atoms. The molecule has 1 saturated carbocycles. The van der Waals surface area contributed by atoms with Crippen molar-refractivity contribution in [2.24, 2.45) is 0 Å². The Balaban J connectivity index is 1.82. The van der Waals surface area contributed by atoms with Crippen LogP contribution in [0, 0.1) is 0 Å². The molecule has 0 spiro atoms. The summed E-state index contributed by atoms with van der Waals surface area (Å²) in [5.74, 6) is 1.74. The summed E-state index contributed by atoms with van der Waals surface area (Å²) in [6.45, 7) is 0. The first-order valence-electron chi connectivity index (χ1n) is 8.43. The van der Waals surface area contributed by atoms with Crippen LogP contribution in [-0.2, 0) is 0 Å². The molecule has 0 aliphatic heterocycles. The molecule has 2 heteroatoms. The van der Waals surface area contributed by atoms with Crippen LogP contribution in [0.1, 0.15) is 69.3 Å². The molecule has 114 valence electrons. The number of thiophene rings is 1. The van der Waals surface area contributed by atoms with Gasteiger partial charge in [0.1, 0.15) is 5.75 Å². The van der Waals surface area contributed by atoms with Gasteiger partial charge in [0.05, 0.1) is 7.11 Å². The zero-order valence-electron chi connectivity index (χ0n) is 13.1. The van der Waals surface area contributed by atoms with Crippen molar-refractivity contribution in [3.8, 4) is 5.75 Å². The van der Waals surface area contributed by atoms with Gasteiger partial charge in [-0.3, -0.25) is 0 Å². The number of rotatable bonds is 2. The summed E-state index contributed by atoms with van der Waals surface area (Å²) in [6, 6.07) is 6.56. The van der Waals surface area contributed by atoms with E-state index in [1.807, 2.05) is 11.3 Å². The minimum absolute atomic E-state index is 0.769. The molecular weight excluding hydrogens is 276 g/mol. The van der Waals surface area contributed by atoms with E-state index in [9.17, 15) is 0 Å². The second kappa shape index (κ2) is 7.31. The largest absolute Gasteiger partial charge is 0.497 e. The summed E-state index contributed by atoms with van der Waals surface area (Å²) in [6.07, 6.45) is 12.7. The van der Waals surface area contributed by atoms with E-state index in [2.05, 4.69) is 23.6 Å². The van der Waals surface area contributed by atoms with Crippen LogP contribution in [0.5, 0.6) is 5.75 Å². The van der Waals surface area contributed by atoms with Gasteiger partial charge in [-0.1, -0.05) is 44.9 Å². The fourth-order valence-electron chi connectivity index (χ4n) is 3.59. The highest BCUT2D eigenvalue weighted by Gasteiger charge is 2.16. The number of hydrogen-bond acceptors (Lipinski definition) is 2. The molecule has 1 aromatic heterocycles. The van der Waals surface area contributed by atoms with Gasteiger partial charge in [0.25, 0.3) is 0 Å². The maximum Gasteiger partial charge on any atom is 0.120 e. The minimum atomic E-state index is 0.769. The van der Waals surface area contributed by atoms with Crippen LogP contribution in [0.25, 0.3) is 10.1 Å². The second-order valence-electron chi connectivity index (χ2n) is 6.30. The second-order valence-corrected chi connectivity index (χ2v) is 7.21. The normalized spacial score (nSPS) is 18.7. The van der Waals surface area contributed by atoms with Gasteiger partial charge in [-0.2, -0.15) is 0 Å². The highest BCUT2D eigenvalue weighted by atomic mass is 32.1. The summed E-state index contributed by atoms with van der Waals surface area (Å²) >= 11 is 1.88. The fourth-order valence-corrected chi connectivity index (χ4v) is 4.66. The first-order valence-corrected chi connectivity index (χ1v) is 9.31. The van der Waals surface area contributed by atoms with Crippen LogP contribution in [0.4, 0.5) is 0 Å². The number of fused-ring (bicyclic) bond motifs is 1. The Kier molecular flexibility index (Phi) is 5.18. The maximum atomic E-state index is 5.35. The lowest BCUT2D eigenvalue weighted by Gasteiger charge is -2.18. The molecule has 2 aromatic rings. The van der Waals surface area contributed by atoms with Crippen molar-refractivity contribution in [1.29, 1.82) is 0 Å². The Morgan fingerprint density at radius 3 is 2.29 bits per heavy atom. The van der Waals surface area contributed by atoms with Gasteiger partial charge < -0.3 is 4.74 Å². The van der Waals surface area contributed by atoms with Crippen LogP contribution < -0.4 is 4.74 Å². The summed E-state index contributed by atoms with van der Waals surface area (Å²) in [5.41, 5.74) is 1.60. The molecule has 1 aromatic carbocycles. The van der Waals surface area contributed by atoms with Gasteiger partial charge >= 0.3 is 0 Å². The van der Waals surface area contributed by atoms with E-state index in [1.54, 1.807) is 12.7 Å². The van der Waals surface area contributed by atoms with Crippen molar-refractivity contribution >= 4 is 21.4 Å². The molecule has 0 amide bonds. The zero-order valence-corrected chi connectivity index (χ0v) is 13.9. The lowest BCUT2D eigenvalue weighted by molar-refractivity contribution is 0.415. The van der Waals surface area contributed by atoms with Crippen molar-refractivity contribution in [3.05, 3.63) is 29.1 Å². The number of methoxy groups -OCH3 is 1. The average molecular weight is 302 g/mol. The highest BCUT2D eigenvalue weighted by Crippen LogP contribution is 2.38. The molecule has 3 rings (SSSR count). The Morgan fingerprint density at radius 2 is 1.62 bits per heavy atom. The van der Waals surface area contributed by atoms with Crippen LogP contribution in [0.15, 0.2) is 23.6 Å². The Hall–Kier alpha value is -1.02. The maximum absolute atomic E-state index is 5.35. The average Bonchev–Trinajstić information content (AvgIpc) is 2.95. The van der Waals surface area contributed by atoms with Crippen molar-refractivity contribution in [2.45, 2.75) is 63.7 Å². The predicted octanol–water partition coefficient (Wildman–Crippen LogP) is 6.52. The van der Waals surface area contributed by atoms with Gasteiger partial charge in [0.15, 0.2) is 0 Å². The summed E-state index contributed by atoms with van der Waals surface area (Å²) in [4.78, 5) is 0. The van der Waals surface area contributed by atoms with Crippen molar-refractivity contribution in [1.82, 2.24) is 0 Å². The predicted molar refractivity (Wildman–Crippen MR) is 92.7 cm³/mol. The van der Waals surface area contributed by atoms with Gasteiger partial charge in [0.2, 0.25) is 0 Å². The quantitative estimate of drug-likeness (QED) is 0.613. The summed E-state index contributed by atoms with van der Waals surface area (Å²) < 4.78 is 6.73. The molecule has 0 unspecified atom stereocenters. The van der Waals surface area contributed by atoms with Crippen LogP contribution >= 0.6 is 11.3 Å². The van der Waals surface area contributed by atoms with Gasteiger partial charge in [-0.25, -0.2) is 0 Å². The summed E-state index contributed by atoms with van der Waals surface area (Å²) in [7, 11) is 1.75. The molecule has 0 saturated heterocycles. The molecule has 1 heterocycles. The first-order chi connectivity index (χ1) is 10.4. The third-order valence-corrected chi connectivity index (χ3v) is 5.82. The van der Waals surface area contributed by atoms with Crippen molar-refractivity contribution < 1.29 is 4.74 Å². The molecule has 0 N–H and O–H groups in total. The van der Waals surface area contributed by atoms with Crippen molar-refractivity contribution in [2.75, 3.05) is 7.11 Å². The molecule has 1 nitrogen and oxygen atoms in total. The van der Waals surface area contributed by atoms with E-state index in [0.717, 1.165) is 11.7 Å². The number of benzene rings is 1. The minimum Gasteiger partial charge on any atom is -0.497 e. The van der Waals surface area contributed by atoms with Crippen LogP contribution in [-0.4, -0.2) is 7.11 Å². The molecule has 0 bridgehead atoms. The molecule has 0 atom stereocenters. The Labute approximate surface area is 132 Å². The van der Waals surface area contributed by atoms with Crippen molar-refractivity contribution in [3.63, 3.8) is 0 Å². The van der Waals surface area contributed by atoms with E-state index in [-0.39, 0.29) is 0 Å². The van der Waals surface area contributed by atoms with Gasteiger partial charge in [-0.15, -0.1) is 11.3 Å². The smallest absolute Gasteiger partial charge is 0.120 e. The number of hydrogen-bond donors (Lipinski definition) is 0. The summed E-state index contributed by atoms with van der Waals surface area (Å²) in [5, 5.41) is 3.86. The van der Waals surface area contributed by atoms with E-state index in [0.29, 0.717) is 0 Å². The molecule has 0 radical (unpaired) electrons. The van der Waals surface area contributed by atoms with Crippen LogP contribution in [0.2, 0.25) is 0 Å². The van der Waals surface area contributed by atoms with E-state index < -0.39 is 0 Å². The number of ether oxygens (including phenoxy) is 1. The third-order valence-electron chi connectivity index (χ3n) is 4.86. The lowest BCUT2D eigenvalue weighted by Crippen LogP contribution is -2.00. The zero-order chi connectivity index (χ0) is 14.5. The topological polar surface area (TPSA) is 9.23 Å². The standard InChI is InChI=1S/C19H26OS/c1-20-16-11-12-17-18(14-21-19(17)13-16)15-9-7-5-3-2-4-6-8-10-15/h11-15H,2-10H2,1H3. The highest BCUT2D eigenvalue weighted by molar-refractivity contribution is 7.17. The molecule has 1 fully saturated rings. The molecular formula is C19H26OS. The Morgan fingerprint density at radius 1 is 0.952 bits per heavy atom. The van der Waals surface area contributed by atoms with Gasteiger partial charge in [0, 0.05) is 4.70 Å². The molecule has 1 aliphatic carbocycles. The first kappa shape index (κ1) is 14.9. The monoisotopic (exact) mass is 302 g/mol. The lowest BCUT2D eigenvalue weighted by atomic mass is 9.87. The SMILES string of the molecule is COc1ccc2c(C3CCCCCCCCC3)csc2c1. The molecule has 1 aliphatic rings. The van der Waals surface area contributed by atoms with Crippen LogP contribution in [0.3, 0.4) is 0 Å². The third kappa shape index (κ3) is 3.60. The van der Waals surface area contributed by atoms with E-state index in [1.165, 1.54) is 67.9 Å². The Bertz CT molecular complexity index is 562. The van der Waals surface area contributed by atoms with E-state index in [4.69, 9.17) is 4.74 Å². The van der Waals surface area contributed by atoms with E-state index >= 15 is 0 Å².